The first-order valence-corrected chi connectivity index (χ1v) is 9.16. The predicted octanol–water partition coefficient (Wildman–Crippen LogP) is 4.21. The zero-order valence-electron chi connectivity index (χ0n) is 14.5. The first-order chi connectivity index (χ1) is 12.6. The number of methoxy groups -OCH3 is 1. The van der Waals surface area contributed by atoms with Crippen molar-refractivity contribution in [2.24, 2.45) is 0 Å². The lowest BCUT2D eigenvalue weighted by molar-refractivity contribution is 0.400. The van der Waals surface area contributed by atoms with Crippen molar-refractivity contribution in [3.63, 3.8) is 0 Å². The van der Waals surface area contributed by atoms with Crippen LogP contribution in [0.5, 0.6) is 5.88 Å². The highest BCUT2D eigenvalue weighted by molar-refractivity contribution is 7.98. The molecule has 0 fully saturated rings. The Morgan fingerprint density at radius 1 is 1.19 bits per heavy atom. The summed E-state index contributed by atoms with van der Waals surface area (Å²) in [5.41, 5.74) is 9.17. The summed E-state index contributed by atoms with van der Waals surface area (Å²) in [6, 6.07) is 11.1. The number of nitrogens with zero attached hydrogens (tertiary/aromatic N) is 2. The van der Waals surface area contributed by atoms with E-state index in [9.17, 15) is 4.39 Å². The van der Waals surface area contributed by atoms with Crippen molar-refractivity contribution < 1.29 is 9.13 Å². The van der Waals surface area contributed by atoms with Crippen LogP contribution in [0, 0.1) is 5.82 Å². The van der Waals surface area contributed by atoms with E-state index >= 15 is 0 Å². The van der Waals surface area contributed by atoms with Gasteiger partial charge in [0.05, 0.1) is 42.5 Å². The van der Waals surface area contributed by atoms with Crippen molar-refractivity contribution in [1.82, 2.24) is 9.97 Å². The number of nitrogen functional groups attached to an aromatic ring is 1. The van der Waals surface area contributed by atoms with Crippen LogP contribution in [0.2, 0.25) is 0 Å². The van der Waals surface area contributed by atoms with E-state index in [4.69, 9.17) is 10.5 Å². The predicted molar refractivity (Wildman–Crippen MR) is 104 cm³/mol. The molecule has 3 aromatic rings. The molecule has 0 radical (unpaired) electrons. The maximum absolute atomic E-state index is 14.2. The van der Waals surface area contributed by atoms with E-state index in [1.54, 1.807) is 13.3 Å². The lowest BCUT2D eigenvalue weighted by atomic mass is 10.0. The van der Waals surface area contributed by atoms with Gasteiger partial charge in [-0.1, -0.05) is 30.3 Å². The number of pyridine rings is 2. The van der Waals surface area contributed by atoms with E-state index in [0.717, 1.165) is 16.0 Å². The SMILES string of the molecule is COc1ncc(N)c(NCc2ncc(SC)cc2F)c1-c1ccccc1. The lowest BCUT2D eigenvalue weighted by Gasteiger charge is -2.17. The van der Waals surface area contributed by atoms with Gasteiger partial charge in [0.1, 0.15) is 5.82 Å². The molecule has 0 aliphatic heterocycles. The quantitative estimate of drug-likeness (QED) is 0.633. The van der Waals surface area contributed by atoms with E-state index in [2.05, 4.69) is 15.3 Å². The van der Waals surface area contributed by atoms with Gasteiger partial charge in [-0.3, -0.25) is 4.98 Å². The Kier molecular flexibility index (Phi) is 5.58. The number of hydrogen-bond donors (Lipinski definition) is 2. The largest absolute Gasteiger partial charge is 0.480 e. The van der Waals surface area contributed by atoms with Gasteiger partial charge in [-0.2, -0.15) is 0 Å². The van der Waals surface area contributed by atoms with Crippen LogP contribution in [0.1, 0.15) is 5.69 Å². The van der Waals surface area contributed by atoms with E-state index in [1.165, 1.54) is 24.0 Å². The van der Waals surface area contributed by atoms with Crippen LogP contribution >= 0.6 is 11.8 Å². The number of benzene rings is 1. The standard InChI is InChI=1S/C19H19FN4OS/c1-25-19-17(12-6-4-3-5-7-12)18(15(21)10-24-19)23-11-16-14(20)8-13(26-2)9-22-16/h3-10H,11,21H2,1-2H3,(H,23,24). The van der Waals surface area contributed by atoms with Gasteiger partial charge in [0, 0.05) is 11.1 Å². The van der Waals surface area contributed by atoms with Gasteiger partial charge >= 0.3 is 0 Å². The molecule has 0 saturated heterocycles. The van der Waals surface area contributed by atoms with Crippen molar-refractivity contribution in [2.75, 3.05) is 24.4 Å². The average molecular weight is 370 g/mol. The first-order valence-electron chi connectivity index (χ1n) is 7.94. The van der Waals surface area contributed by atoms with Crippen LogP contribution in [0.15, 0.2) is 53.7 Å². The summed E-state index contributed by atoms with van der Waals surface area (Å²) in [6.45, 7) is 0.192. The minimum absolute atomic E-state index is 0.192. The molecule has 0 spiro atoms. The van der Waals surface area contributed by atoms with Crippen molar-refractivity contribution in [3.8, 4) is 17.0 Å². The second-order valence-electron chi connectivity index (χ2n) is 5.50. The normalized spacial score (nSPS) is 10.6. The van der Waals surface area contributed by atoms with Crippen molar-refractivity contribution in [2.45, 2.75) is 11.4 Å². The van der Waals surface area contributed by atoms with Gasteiger partial charge < -0.3 is 15.8 Å². The van der Waals surface area contributed by atoms with Crippen LogP contribution < -0.4 is 15.8 Å². The first kappa shape index (κ1) is 18.0. The highest BCUT2D eigenvalue weighted by Gasteiger charge is 2.17. The van der Waals surface area contributed by atoms with Crippen LogP contribution in [0.25, 0.3) is 11.1 Å². The molecule has 0 amide bonds. The summed E-state index contributed by atoms with van der Waals surface area (Å²) >= 11 is 1.45. The molecule has 0 aliphatic carbocycles. The molecular formula is C19H19FN4OS. The van der Waals surface area contributed by atoms with Gasteiger partial charge in [0.25, 0.3) is 0 Å². The van der Waals surface area contributed by atoms with Crippen LogP contribution in [-0.2, 0) is 6.54 Å². The van der Waals surface area contributed by atoms with E-state index in [0.29, 0.717) is 22.9 Å². The summed E-state index contributed by atoms with van der Waals surface area (Å²) in [7, 11) is 1.55. The molecule has 2 heterocycles. The molecule has 134 valence electrons. The maximum Gasteiger partial charge on any atom is 0.223 e. The Hall–Kier alpha value is -2.80. The summed E-state index contributed by atoms with van der Waals surface area (Å²) in [5, 5.41) is 3.20. The Labute approximate surface area is 155 Å². The van der Waals surface area contributed by atoms with E-state index in [-0.39, 0.29) is 12.4 Å². The Bertz CT molecular complexity index is 906. The van der Waals surface area contributed by atoms with E-state index < -0.39 is 0 Å². The third-order valence-corrected chi connectivity index (χ3v) is 4.58. The number of nitrogens with one attached hydrogen (secondary N) is 1. The molecule has 3 rings (SSSR count). The number of halogens is 1. The highest BCUT2D eigenvalue weighted by Crippen LogP contribution is 2.39. The molecule has 1 aromatic carbocycles. The Morgan fingerprint density at radius 2 is 1.96 bits per heavy atom. The van der Waals surface area contributed by atoms with E-state index in [1.807, 2.05) is 36.6 Å². The fourth-order valence-corrected chi connectivity index (χ4v) is 2.97. The summed E-state index contributed by atoms with van der Waals surface area (Å²) < 4.78 is 19.6. The number of thioether (sulfide) groups is 1. The second kappa shape index (κ2) is 8.05. The fraction of sp³-hybridized carbons (Fsp3) is 0.158. The Morgan fingerprint density at radius 3 is 2.62 bits per heavy atom. The third kappa shape index (κ3) is 3.72. The zero-order chi connectivity index (χ0) is 18.5. The summed E-state index contributed by atoms with van der Waals surface area (Å²) in [6.07, 6.45) is 5.05. The smallest absolute Gasteiger partial charge is 0.223 e. The average Bonchev–Trinajstić information content (AvgIpc) is 2.68. The molecule has 7 heteroatoms. The van der Waals surface area contributed by atoms with Gasteiger partial charge in [-0.25, -0.2) is 9.37 Å². The molecular weight excluding hydrogens is 351 g/mol. The fourth-order valence-electron chi connectivity index (χ4n) is 2.59. The van der Waals surface area contributed by atoms with Gasteiger partial charge in [0.15, 0.2) is 0 Å². The molecule has 26 heavy (non-hydrogen) atoms. The third-order valence-electron chi connectivity index (χ3n) is 3.89. The number of anilines is 2. The van der Waals surface area contributed by atoms with Gasteiger partial charge in [-0.05, 0) is 17.9 Å². The number of ether oxygens (including phenoxy) is 1. The number of hydrogen-bond acceptors (Lipinski definition) is 6. The molecule has 2 aromatic heterocycles. The number of nitrogens with two attached hydrogens (primary N) is 1. The lowest BCUT2D eigenvalue weighted by Crippen LogP contribution is -2.09. The van der Waals surface area contributed by atoms with Crippen molar-refractivity contribution >= 4 is 23.1 Å². The second-order valence-corrected chi connectivity index (χ2v) is 6.38. The highest BCUT2D eigenvalue weighted by atomic mass is 32.2. The molecule has 0 unspecified atom stereocenters. The molecule has 0 atom stereocenters. The summed E-state index contributed by atoms with van der Waals surface area (Å²) in [4.78, 5) is 9.22. The minimum atomic E-state index is -0.356. The summed E-state index contributed by atoms with van der Waals surface area (Å²) in [5.74, 6) is 0.0873. The molecule has 3 N–H and O–H groups in total. The Balaban J connectivity index is 1.97. The van der Waals surface area contributed by atoms with Gasteiger partial charge in [0.2, 0.25) is 5.88 Å². The van der Waals surface area contributed by atoms with Crippen LogP contribution in [-0.4, -0.2) is 23.3 Å². The van der Waals surface area contributed by atoms with Gasteiger partial charge in [-0.15, -0.1) is 11.8 Å². The monoisotopic (exact) mass is 370 g/mol. The van der Waals surface area contributed by atoms with Crippen molar-refractivity contribution in [1.29, 1.82) is 0 Å². The zero-order valence-corrected chi connectivity index (χ0v) is 15.3. The van der Waals surface area contributed by atoms with Crippen LogP contribution in [0.4, 0.5) is 15.8 Å². The van der Waals surface area contributed by atoms with Crippen LogP contribution in [0.3, 0.4) is 0 Å². The molecule has 5 nitrogen and oxygen atoms in total. The number of aromatic nitrogens is 2. The molecule has 0 aliphatic rings. The molecule has 0 saturated carbocycles. The maximum atomic E-state index is 14.2. The van der Waals surface area contributed by atoms with Crippen molar-refractivity contribution in [3.05, 3.63) is 60.3 Å². The minimum Gasteiger partial charge on any atom is -0.480 e. The number of rotatable bonds is 6. The topological polar surface area (TPSA) is 73.1 Å². The molecule has 0 bridgehead atoms.